The summed E-state index contributed by atoms with van der Waals surface area (Å²) < 4.78 is 10.8. The molecule has 128 valence electrons. The van der Waals surface area contributed by atoms with Crippen molar-refractivity contribution in [2.45, 2.75) is 50.5 Å². The highest BCUT2D eigenvalue weighted by molar-refractivity contribution is 6.00. The summed E-state index contributed by atoms with van der Waals surface area (Å²) >= 11 is 0. The summed E-state index contributed by atoms with van der Waals surface area (Å²) in [5.74, 6) is 0.711. The van der Waals surface area contributed by atoms with E-state index in [2.05, 4.69) is 9.88 Å². The highest BCUT2D eigenvalue weighted by Crippen LogP contribution is 2.34. The van der Waals surface area contributed by atoms with Gasteiger partial charge in [0, 0.05) is 18.5 Å². The van der Waals surface area contributed by atoms with E-state index in [0.717, 1.165) is 37.0 Å². The second-order valence-corrected chi connectivity index (χ2v) is 6.97. The standard InChI is InChI=1S/C19H24N2O3/c1-23-19(22)15-8-5-9-16-17(15)24-18(20-16)13-10-11-21(12-13)14-6-3-2-4-7-14/h5,8-9,13-14H,2-4,6-7,10-12H2,1H3/t13-/m1/s1. The molecule has 0 unspecified atom stereocenters. The zero-order chi connectivity index (χ0) is 16.5. The molecule has 0 N–H and O–H groups in total. The summed E-state index contributed by atoms with van der Waals surface area (Å²) in [5, 5.41) is 0. The van der Waals surface area contributed by atoms with Gasteiger partial charge in [-0.25, -0.2) is 9.78 Å². The van der Waals surface area contributed by atoms with Gasteiger partial charge >= 0.3 is 5.97 Å². The molecular formula is C19H24N2O3. The lowest BCUT2D eigenvalue weighted by Crippen LogP contribution is -2.34. The normalized spacial score (nSPS) is 23.0. The van der Waals surface area contributed by atoms with Gasteiger partial charge in [-0.1, -0.05) is 25.3 Å². The van der Waals surface area contributed by atoms with Crippen LogP contribution in [0.2, 0.25) is 0 Å². The summed E-state index contributed by atoms with van der Waals surface area (Å²) in [5.41, 5.74) is 1.75. The van der Waals surface area contributed by atoms with Crippen LogP contribution in [-0.4, -0.2) is 42.1 Å². The molecule has 1 saturated carbocycles. The van der Waals surface area contributed by atoms with Crippen molar-refractivity contribution < 1.29 is 13.9 Å². The molecule has 1 atom stereocenters. The molecule has 1 aromatic carbocycles. The highest BCUT2D eigenvalue weighted by Gasteiger charge is 2.32. The average molecular weight is 328 g/mol. The Hall–Kier alpha value is -1.88. The van der Waals surface area contributed by atoms with Gasteiger partial charge in [-0.15, -0.1) is 0 Å². The summed E-state index contributed by atoms with van der Waals surface area (Å²) in [6.07, 6.45) is 7.83. The van der Waals surface area contributed by atoms with E-state index < -0.39 is 0 Å². The minimum atomic E-state index is -0.376. The maximum absolute atomic E-state index is 11.9. The number of methoxy groups -OCH3 is 1. The van der Waals surface area contributed by atoms with Crippen molar-refractivity contribution in [3.05, 3.63) is 29.7 Å². The number of hydrogen-bond donors (Lipinski definition) is 0. The lowest BCUT2D eigenvalue weighted by atomic mass is 9.94. The predicted molar refractivity (Wildman–Crippen MR) is 91.2 cm³/mol. The monoisotopic (exact) mass is 328 g/mol. The number of hydrogen-bond acceptors (Lipinski definition) is 5. The molecule has 2 aliphatic rings. The van der Waals surface area contributed by atoms with Gasteiger partial charge in [0.15, 0.2) is 11.5 Å². The first-order chi connectivity index (χ1) is 11.8. The number of nitrogens with zero attached hydrogens (tertiary/aromatic N) is 2. The maximum Gasteiger partial charge on any atom is 0.341 e. The number of fused-ring (bicyclic) bond motifs is 1. The highest BCUT2D eigenvalue weighted by atomic mass is 16.5. The first-order valence-electron chi connectivity index (χ1n) is 8.98. The number of benzene rings is 1. The van der Waals surface area contributed by atoms with E-state index in [1.165, 1.54) is 39.2 Å². The zero-order valence-corrected chi connectivity index (χ0v) is 14.2. The zero-order valence-electron chi connectivity index (χ0n) is 14.2. The SMILES string of the molecule is COC(=O)c1cccc2nc([C@@H]3CCN(C4CCCCC4)C3)oc12. The summed E-state index contributed by atoms with van der Waals surface area (Å²) in [4.78, 5) is 19.2. The van der Waals surface area contributed by atoms with E-state index in [-0.39, 0.29) is 5.97 Å². The van der Waals surface area contributed by atoms with Crippen LogP contribution in [0.15, 0.2) is 22.6 Å². The Bertz CT molecular complexity index is 733. The van der Waals surface area contributed by atoms with Crippen molar-refractivity contribution in [1.29, 1.82) is 0 Å². The van der Waals surface area contributed by atoms with Crippen molar-refractivity contribution in [2.75, 3.05) is 20.2 Å². The molecule has 1 aromatic heterocycles. The van der Waals surface area contributed by atoms with E-state index in [4.69, 9.17) is 9.15 Å². The average Bonchev–Trinajstić information content (AvgIpc) is 3.28. The predicted octanol–water partition coefficient (Wildman–Crippen LogP) is 3.74. The Labute approximate surface area is 142 Å². The molecule has 0 radical (unpaired) electrons. The maximum atomic E-state index is 11.9. The van der Waals surface area contributed by atoms with Gasteiger partial charge in [-0.3, -0.25) is 4.90 Å². The van der Waals surface area contributed by atoms with Crippen molar-refractivity contribution in [2.24, 2.45) is 0 Å². The van der Waals surface area contributed by atoms with Crippen molar-refractivity contribution >= 4 is 17.1 Å². The molecule has 0 spiro atoms. The van der Waals surface area contributed by atoms with Crippen LogP contribution >= 0.6 is 0 Å². The number of oxazole rings is 1. The van der Waals surface area contributed by atoms with Crippen LogP contribution in [0.25, 0.3) is 11.1 Å². The van der Waals surface area contributed by atoms with E-state index >= 15 is 0 Å². The molecule has 4 rings (SSSR count). The minimum absolute atomic E-state index is 0.324. The molecule has 1 aliphatic heterocycles. The number of aromatic nitrogens is 1. The molecule has 2 fully saturated rings. The van der Waals surface area contributed by atoms with E-state index in [1.807, 2.05) is 12.1 Å². The lowest BCUT2D eigenvalue weighted by molar-refractivity contribution is 0.0601. The fourth-order valence-electron chi connectivity index (χ4n) is 4.18. The first-order valence-corrected chi connectivity index (χ1v) is 8.98. The van der Waals surface area contributed by atoms with Crippen molar-refractivity contribution in [3.8, 4) is 0 Å². The fourth-order valence-corrected chi connectivity index (χ4v) is 4.18. The molecule has 2 heterocycles. The van der Waals surface area contributed by atoms with E-state index in [9.17, 15) is 4.79 Å². The molecule has 0 amide bonds. The van der Waals surface area contributed by atoms with Gasteiger partial charge in [-0.2, -0.15) is 0 Å². The Morgan fingerprint density at radius 3 is 2.88 bits per heavy atom. The molecule has 1 aliphatic carbocycles. The number of esters is 1. The third-order valence-corrected chi connectivity index (χ3v) is 5.50. The fraction of sp³-hybridized carbons (Fsp3) is 0.579. The number of likely N-dealkylation sites (tertiary alicyclic amines) is 1. The third kappa shape index (κ3) is 2.81. The largest absolute Gasteiger partial charge is 0.465 e. The van der Waals surface area contributed by atoms with Gasteiger partial charge in [0.1, 0.15) is 11.1 Å². The second-order valence-electron chi connectivity index (χ2n) is 6.97. The molecule has 5 nitrogen and oxygen atoms in total. The Morgan fingerprint density at radius 2 is 2.08 bits per heavy atom. The van der Waals surface area contributed by atoms with Crippen LogP contribution < -0.4 is 0 Å². The Kier molecular flexibility index (Phi) is 4.27. The summed E-state index contributed by atoms with van der Waals surface area (Å²) in [6, 6.07) is 6.18. The molecule has 1 saturated heterocycles. The number of carbonyl (C=O) groups is 1. The second kappa shape index (κ2) is 6.55. The quantitative estimate of drug-likeness (QED) is 0.804. The van der Waals surface area contributed by atoms with Crippen molar-refractivity contribution in [1.82, 2.24) is 9.88 Å². The van der Waals surface area contributed by atoms with Crippen LogP contribution in [0, 0.1) is 0 Å². The number of para-hydroxylation sites is 1. The molecule has 24 heavy (non-hydrogen) atoms. The van der Waals surface area contributed by atoms with E-state index in [1.54, 1.807) is 6.07 Å². The minimum Gasteiger partial charge on any atom is -0.465 e. The Morgan fingerprint density at radius 1 is 1.25 bits per heavy atom. The number of ether oxygens (including phenoxy) is 1. The first kappa shape index (κ1) is 15.6. The van der Waals surface area contributed by atoms with Crippen LogP contribution in [0.3, 0.4) is 0 Å². The van der Waals surface area contributed by atoms with Crippen LogP contribution in [0.4, 0.5) is 0 Å². The smallest absolute Gasteiger partial charge is 0.341 e. The Balaban J connectivity index is 1.55. The van der Waals surface area contributed by atoms with Gasteiger partial charge in [0.2, 0.25) is 0 Å². The molecule has 2 aromatic rings. The molecule has 0 bridgehead atoms. The third-order valence-electron chi connectivity index (χ3n) is 5.50. The van der Waals surface area contributed by atoms with Gasteiger partial charge in [0.25, 0.3) is 0 Å². The van der Waals surface area contributed by atoms with Gasteiger partial charge in [0.05, 0.1) is 7.11 Å². The summed E-state index contributed by atoms with van der Waals surface area (Å²) in [7, 11) is 1.39. The van der Waals surface area contributed by atoms with Crippen LogP contribution in [0.5, 0.6) is 0 Å². The van der Waals surface area contributed by atoms with Gasteiger partial charge < -0.3 is 9.15 Å². The topological polar surface area (TPSA) is 55.6 Å². The van der Waals surface area contributed by atoms with E-state index in [0.29, 0.717) is 17.1 Å². The lowest BCUT2D eigenvalue weighted by Gasteiger charge is -2.30. The molecular weight excluding hydrogens is 304 g/mol. The van der Waals surface area contributed by atoms with Crippen LogP contribution in [-0.2, 0) is 4.74 Å². The molecule has 5 heteroatoms. The van der Waals surface area contributed by atoms with Crippen LogP contribution in [0.1, 0.15) is 60.7 Å². The number of rotatable bonds is 3. The number of carbonyl (C=O) groups excluding carboxylic acids is 1. The van der Waals surface area contributed by atoms with Crippen molar-refractivity contribution in [3.63, 3.8) is 0 Å². The van der Waals surface area contributed by atoms with Gasteiger partial charge in [-0.05, 0) is 37.9 Å². The summed E-state index contributed by atoms with van der Waals surface area (Å²) in [6.45, 7) is 2.14.